The fraction of sp³-hybridized carbons (Fsp3) is 0.222. The number of anilines is 1. The molecule has 1 aromatic heterocycles. The van der Waals surface area contributed by atoms with Crippen molar-refractivity contribution < 1.29 is 14.5 Å². The highest BCUT2D eigenvalue weighted by Gasteiger charge is 2.29. The maximum absolute atomic E-state index is 12.6. The van der Waals surface area contributed by atoms with Gasteiger partial charge in [-0.05, 0) is 56.3 Å². The Morgan fingerprint density at radius 1 is 1.37 bits per heavy atom. The molecule has 1 heterocycles. The first-order valence-corrected chi connectivity index (χ1v) is 9.59. The summed E-state index contributed by atoms with van der Waals surface area (Å²) in [6.45, 7) is 5.65. The molecular weight excluding hydrogens is 482 g/mol. The molecule has 1 amide bonds. The Labute approximate surface area is 173 Å². The molecule has 0 aliphatic heterocycles. The van der Waals surface area contributed by atoms with E-state index in [1.165, 1.54) is 11.0 Å². The summed E-state index contributed by atoms with van der Waals surface area (Å²) < 4.78 is 5.49. The van der Waals surface area contributed by atoms with E-state index in [0.717, 1.165) is 11.1 Å². The van der Waals surface area contributed by atoms with Crippen molar-refractivity contribution in [1.82, 2.24) is 4.98 Å². The number of benzene rings is 1. The van der Waals surface area contributed by atoms with E-state index < -0.39 is 11.0 Å². The fourth-order valence-electron chi connectivity index (χ4n) is 2.49. The van der Waals surface area contributed by atoms with Crippen molar-refractivity contribution in [3.05, 3.63) is 73.4 Å². The summed E-state index contributed by atoms with van der Waals surface area (Å²) in [4.78, 5) is 28.8. The molecule has 2 aromatic rings. The van der Waals surface area contributed by atoms with Crippen LogP contribution in [0.2, 0.25) is 0 Å². The zero-order valence-corrected chi connectivity index (χ0v) is 17.7. The molecule has 1 aromatic carbocycles. The van der Waals surface area contributed by atoms with Crippen molar-refractivity contribution in [3.8, 4) is 0 Å². The van der Waals surface area contributed by atoms with Gasteiger partial charge in [-0.15, -0.1) is 6.58 Å². The second-order valence-electron chi connectivity index (χ2n) is 5.46. The Morgan fingerprint density at radius 3 is 2.70 bits per heavy atom. The van der Waals surface area contributed by atoms with Gasteiger partial charge in [-0.1, -0.05) is 30.3 Å². The summed E-state index contributed by atoms with van der Waals surface area (Å²) in [7, 11) is 0. The summed E-state index contributed by atoms with van der Waals surface area (Å²) in [6.07, 6.45) is 1.78. The van der Waals surface area contributed by atoms with Crippen LogP contribution >= 0.6 is 31.9 Å². The Hall–Kier alpha value is -2.26. The van der Waals surface area contributed by atoms with Crippen LogP contribution in [-0.4, -0.2) is 22.6 Å². The number of pyridine rings is 1. The van der Waals surface area contributed by atoms with Gasteiger partial charge in [0.2, 0.25) is 0 Å². The maximum Gasteiger partial charge on any atom is 0.414 e. The van der Waals surface area contributed by atoms with Crippen LogP contribution in [0.15, 0.2) is 52.2 Å². The van der Waals surface area contributed by atoms with E-state index in [9.17, 15) is 14.9 Å². The van der Waals surface area contributed by atoms with Gasteiger partial charge in [0.25, 0.3) is 0 Å². The highest BCUT2D eigenvalue weighted by atomic mass is 79.9. The number of carbonyl (C=O) groups is 1. The van der Waals surface area contributed by atoms with Crippen LogP contribution in [0.5, 0.6) is 0 Å². The molecule has 0 atom stereocenters. The van der Waals surface area contributed by atoms with E-state index in [0.29, 0.717) is 11.0 Å². The first kappa shape index (κ1) is 21.0. The lowest BCUT2D eigenvalue weighted by Gasteiger charge is -2.22. The van der Waals surface area contributed by atoms with Crippen LogP contribution in [0.25, 0.3) is 0 Å². The van der Waals surface area contributed by atoms with Crippen LogP contribution in [0.4, 0.5) is 16.2 Å². The van der Waals surface area contributed by atoms with E-state index >= 15 is 0 Å². The predicted octanol–water partition coefficient (Wildman–Crippen LogP) is 5.41. The third-order valence-corrected chi connectivity index (χ3v) is 4.53. The van der Waals surface area contributed by atoms with Crippen molar-refractivity contribution in [2.75, 3.05) is 11.5 Å². The number of amides is 1. The highest BCUT2D eigenvalue weighted by molar-refractivity contribution is 9.11. The second kappa shape index (κ2) is 9.61. The van der Waals surface area contributed by atoms with Gasteiger partial charge in [0.1, 0.15) is 10.3 Å². The van der Waals surface area contributed by atoms with E-state index in [-0.39, 0.29) is 29.1 Å². The summed E-state index contributed by atoms with van der Waals surface area (Å²) >= 11 is 6.32. The van der Waals surface area contributed by atoms with Crippen molar-refractivity contribution in [3.63, 3.8) is 0 Å². The quantitative estimate of drug-likeness (QED) is 0.220. The Kier molecular flexibility index (Phi) is 7.49. The second-order valence-corrected chi connectivity index (χ2v) is 7.02. The molecule has 0 N–H and O–H groups in total. The van der Waals surface area contributed by atoms with Gasteiger partial charge >= 0.3 is 11.8 Å². The number of nitro groups is 1. The number of hydrogen-bond acceptors (Lipinski definition) is 5. The fourth-order valence-corrected chi connectivity index (χ4v) is 3.67. The number of carbonyl (C=O) groups excluding carboxylic acids is 1. The molecule has 2 rings (SSSR count). The number of halogens is 2. The van der Waals surface area contributed by atoms with Gasteiger partial charge < -0.3 is 4.74 Å². The third kappa shape index (κ3) is 5.36. The van der Waals surface area contributed by atoms with Crippen LogP contribution in [-0.2, 0) is 17.7 Å². The number of rotatable bonds is 7. The minimum Gasteiger partial charge on any atom is -0.449 e. The van der Waals surface area contributed by atoms with Crippen molar-refractivity contribution in [2.24, 2.45) is 0 Å². The summed E-state index contributed by atoms with van der Waals surface area (Å²) in [6, 6.07) is 9.00. The lowest BCUT2D eigenvalue weighted by atomic mass is 10.1. The molecule has 7 nitrogen and oxygen atoms in total. The zero-order valence-electron chi connectivity index (χ0n) is 14.5. The van der Waals surface area contributed by atoms with Gasteiger partial charge in [-0.3, -0.25) is 15.0 Å². The van der Waals surface area contributed by atoms with Gasteiger partial charge in [0, 0.05) is 6.07 Å². The molecule has 0 radical (unpaired) electrons. The monoisotopic (exact) mass is 497 g/mol. The molecule has 27 heavy (non-hydrogen) atoms. The Balaban J connectivity index is 2.53. The van der Waals surface area contributed by atoms with Gasteiger partial charge in [0.05, 0.1) is 18.1 Å². The highest BCUT2D eigenvalue weighted by Crippen LogP contribution is 2.37. The third-order valence-electron chi connectivity index (χ3n) is 3.57. The average molecular weight is 499 g/mol. The van der Waals surface area contributed by atoms with Gasteiger partial charge in [0.15, 0.2) is 4.60 Å². The molecule has 0 fully saturated rings. The SMILES string of the molecule is C=CCc1cccc(CN(C(=O)OCC)c2cc(Br)nc(Br)c2[N+](=O)[O-])c1. The molecule has 0 saturated carbocycles. The molecule has 0 spiro atoms. The van der Waals surface area contributed by atoms with Gasteiger partial charge in [-0.2, -0.15) is 0 Å². The normalized spacial score (nSPS) is 10.3. The molecular formula is C18H17Br2N3O4. The predicted molar refractivity (Wildman–Crippen MR) is 110 cm³/mol. The number of allylic oxidation sites excluding steroid dienone is 1. The minimum atomic E-state index is -0.681. The smallest absolute Gasteiger partial charge is 0.414 e. The van der Waals surface area contributed by atoms with Crippen molar-refractivity contribution in [1.29, 1.82) is 0 Å². The molecule has 0 aliphatic rings. The number of hydrogen-bond donors (Lipinski definition) is 0. The van der Waals surface area contributed by atoms with Gasteiger partial charge in [-0.25, -0.2) is 9.78 Å². The minimum absolute atomic E-state index is 0.0200. The zero-order chi connectivity index (χ0) is 20.0. The van der Waals surface area contributed by atoms with E-state index in [1.807, 2.05) is 24.3 Å². The van der Waals surface area contributed by atoms with E-state index in [2.05, 4.69) is 43.4 Å². The van der Waals surface area contributed by atoms with Crippen LogP contribution in [0, 0.1) is 10.1 Å². The van der Waals surface area contributed by atoms with Crippen LogP contribution in [0.3, 0.4) is 0 Å². The number of ether oxygens (including phenoxy) is 1. The van der Waals surface area contributed by atoms with Crippen LogP contribution < -0.4 is 4.90 Å². The topological polar surface area (TPSA) is 85.6 Å². The summed E-state index contributed by atoms with van der Waals surface area (Å²) in [5.74, 6) is 0. The largest absolute Gasteiger partial charge is 0.449 e. The number of nitrogens with zero attached hydrogens (tertiary/aromatic N) is 3. The molecule has 142 valence electrons. The van der Waals surface area contributed by atoms with E-state index in [1.54, 1.807) is 13.0 Å². The lowest BCUT2D eigenvalue weighted by molar-refractivity contribution is -0.385. The molecule has 0 unspecified atom stereocenters. The van der Waals surface area contributed by atoms with E-state index in [4.69, 9.17) is 4.74 Å². The first-order valence-electron chi connectivity index (χ1n) is 8.00. The Bertz CT molecular complexity index is 874. The molecule has 0 aliphatic carbocycles. The van der Waals surface area contributed by atoms with Crippen LogP contribution in [0.1, 0.15) is 18.1 Å². The van der Waals surface area contributed by atoms with Crippen molar-refractivity contribution in [2.45, 2.75) is 19.9 Å². The van der Waals surface area contributed by atoms with Crippen molar-refractivity contribution >= 4 is 49.3 Å². The standard InChI is InChI=1S/C18H17Br2N3O4/c1-3-6-12-7-5-8-13(9-12)11-22(18(24)27-4-2)14-10-15(19)21-17(20)16(14)23(25)26/h3,5,7-10H,1,4,6,11H2,2H3. The average Bonchev–Trinajstić information content (AvgIpc) is 2.59. The number of aromatic nitrogens is 1. The lowest BCUT2D eigenvalue weighted by Crippen LogP contribution is -2.32. The molecule has 9 heteroatoms. The summed E-state index contributed by atoms with van der Waals surface area (Å²) in [5.41, 5.74) is 1.61. The summed E-state index contributed by atoms with van der Waals surface area (Å²) in [5, 5.41) is 11.6. The molecule has 0 bridgehead atoms. The molecule has 0 saturated heterocycles. The Morgan fingerprint density at radius 2 is 2.07 bits per heavy atom. The maximum atomic E-state index is 12.6. The first-order chi connectivity index (χ1) is 12.9.